The summed E-state index contributed by atoms with van der Waals surface area (Å²) >= 11 is 0. The Morgan fingerprint density at radius 2 is 1.53 bits per heavy atom. The summed E-state index contributed by atoms with van der Waals surface area (Å²) in [6, 6.07) is 0.738. The minimum absolute atomic E-state index is 0.518. The van der Waals surface area contributed by atoms with Gasteiger partial charge in [0.25, 0.3) is 0 Å². The molecule has 1 N–H and O–H groups in total. The molecule has 1 aliphatic rings. The van der Waals surface area contributed by atoms with Crippen molar-refractivity contribution in [3.8, 4) is 0 Å². The Hall–Kier alpha value is -0.0400. The van der Waals surface area contributed by atoms with Crippen molar-refractivity contribution in [1.82, 2.24) is 5.32 Å². The minimum atomic E-state index is 0.518. The van der Waals surface area contributed by atoms with E-state index >= 15 is 0 Å². The van der Waals surface area contributed by atoms with Gasteiger partial charge in [0.1, 0.15) is 0 Å². The summed E-state index contributed by atoms with van der Waals surface area (Å²) in [5, 5.41) is 3.73. The van der Waals surface area contributed by atoms with Crippen molar-refractivity contribution in [2.75, 3.05) is 6.54 Å². The Morgan fingerprint density at radius 3 is 1.94 bits per heavy atom. The number of hydrogen-bond acceptors (Lipinski definition) is 1. The van der Waals surface area contributed by atoms with Crippen LogP contribution in [-0.2, 0) is 0 Å². The summed E-state index contributed by atoms with van der Waals surface area (Å²) in [5.74, 6) is 0.858. The first kappa shape index (κ1) is 15.0. The quantitative estimate of drug-likeness (QED) is 0.610. The maximum atomic E-state index is 3.73. The lowest BCUT2D eigenvalue weighted by molar-refractivity contribution is 0.371. The first-order valence-electron chi connectivity index (χ1n) is 7.63. The van der Waals surface area contributed by atoms with Crippen molar-refractivity contribution in [3.05, 3.63) is 0 Å². The molecule has 0 saturated heterocycles. The topological polar surface area (TPSA) is 12.0 Å². The second-order valence-corrected chi connectivity index (χ2v) is 6.93. The standard InChI is InChI=1S/C16H33N/c1-7-9-10-11-12-13(17-8-2)14-15(3,4)16(14,5)6/h13-14,17H,7-12H2,1-6H3. The van der Waals surface area contributed by atoms with Gasteiger partial charge in [-0.25, -0.2) is 0 Å². The molecule has 1 nitrogen and oxygen atoms in total. The molecule has 17 heavy (non-hydrogen) atoms. The smallest absolute Gasteiger partial charge is 0.0106 e. The SMILES string of the molecule is CCCCCCC(NCC)C1C(C)(C)C1(C)C. The van der Waals surface area contributed by atoms with E-state index < -0.39 is 0 Å². The summed E-state index contributed by atoms with van der Waals surface area (Å²) in [7, 11) is 0. The van der Waals surface area contributed by atoms with Gasteiger partial charge < -0.3 is 5.32 Å². The van der Waals surface area contributed by atoms with Crippen LogP contribution in [0.4, 0.5) is 0 Å². The van der Waals surface area contributed by atoms with Crippen molar-refractivity contribution in [2.45, 2.75) is 79.7 Å². The van der Waals surface area contributed by atoms with Crippen LogP contribution in [0.3, 0.4) is 0 Å². The van der Waals surface area contributed by atoms with Crippen LogP contribution in [0.5, 0.6) is 0 Å². The molecular weight excluding hydrogens is 206 g/mol. The van der Waals surface area contributed by atoms with Gasteiger partial charge in [0.15, 0.2) is 0 Å². The predicted molar refractivity (Wildman–Crippen MR) is 77.3 cm³/mol. The van der Waals surface area contributed by atoms with Crippen molar-refractivity contribution in [3.63, 3.8) is 0 Å². The summed E-state index contributed by atoms with van der Waals surface area (Å²) in [6.07, 6.45) is 6.91. The van der Waals surface area contributed by atoms with Gasteiger partial charge in [0.2, 0.25) is 0 Å². The summed E-state index contributed by atoms with van der Waals surface area (Å²) in [5.41, 5.74) is 1.04. The molecule has 0 radical (unpaired) electrons. The van der Waals surface area contributed by atoms with Crippen molar-refractivity contribution in [1.29, 1.82) is 0 Å². The van der Waals surface area contributed by atoms with E-state index in [-0.39, 0.29) is 0 Å². The van der Waals surface area contributed by atoms with Crippen LogP contribution in [0.25, 0.3) is 0 Å². The van der Waals surface area contributed by atoms with Gasteiger partial charge in [-0.15, -0.1) is 0 Å². The van der Waals surface area contributed by atoms with Crippen molar-refractivity contribution >= 4 is 0 Å². The Labute approximate surface area is 109 Å². The molecule has 0 aromatic heterocycles. The number of unbranched alkanes of at least 4 members (excludes halogenated alkanes) is 3. The highest BCUT2D eigenvalue weighted by atomic mass is 15.0. The van der Waals surface area contributed by atoms with Crippen molar-refractivity contribution in [2.24, 2.45) is 16.7 Å². The Morgan fingerprint density at radius 1 is 0.941 bits per heavy atom. The highest BCUT2D eigenvalue weighted by Crippen LogP contribution is 2.70. The van der Waals surface area contributed by atoms with Crippen molar-refractivity contribution < 1.29 is 0 Å². The Kier molecular flexibility index (Phi) is 5.07. The molecular formula is C16H33N. The molecule has 1 fully saturated rings. The molecule has 1 atom stereocenters. The van der Waals surface area contributed by atoms with Crippen LogP contribution in [0.2, 0.25) is 0 Å². The minimum Gasteiger partial charge on any atom is -0.314 e. The van der Waals surface area contributed by atoms with Crippen LogP contribution in [0.1, 0.15) is 73.6 Å². The van der Waals surface area contributed by atoms with Gasteiger partial charge >= 0.3 is 0 Å². The van der Waals surface area contributed by atoms with E-state index in [0.717, 1.165) is 18.5 Å². The predicted octanol–water partition coefficient (Wildman–Crippen LogP) is 4.62. The monoisotopic (exact) mass is 239 g/mol. The molecule has 0 amide bonds. The van der Waals surface area contributed by atoms with Gasteiger partial charge in [-0.05, 0) is 29.7 Å². The molecule has 0 aromatic carbocycles. The van der Waals surface area contributed by atoms with Crippen LogP contribution in [0.15, 0.2) is 0 Å². The van der Waals surface area contributed by atoms with Gasteiger partial charge in [-0.1, -0.05) is 67.2 Å². The lowest BCUT2D eigenvalue weighted by Crippen LogP contribution is -2.33. The zero-order valence-corrected chi connectivity index (χ0v) is 12.9. The van der Waals surface area contributed by atoms with E-state index in [1.165, 1.54) is 32.1 Å². The number of hydrogen-bond donors (Lipinski definition) is 1. The molecule has 0 spiro atoms. The van der Waals surface area contributed by atoms with E-state index in [1.54, 1.807) is 0 Å². The fourth-order valence-electron chi connectivity index (χ4n) is 3.69. The molecule has 1 saturated carbocycles. The second-order valence-electron chi connectivity index (χ2n) is 6.93. The highest BCUT2D eigenvalue weighted by molar-refractivity contribution is 5.16. The third-order valence-corrected chi connectivity index (χ3v) is 5.37. The lowest BCUT2D eigenvalue weighted by atomic mass is 9.98. The lowest BCUT2D eigenvalue weighted by Gasteiger charge is -2.20. The largest absolute Gasteiger partial charge is 0.314 e. The van der Waals surface area contributed by atoms with Gasteiger partial charge in [0, 0.05) is 6.04 Å². The van der Waals surface area contributed by atoms with E-state index in [1.807, 2.05) is 0 Å². The summed E-state index contributed by atoms with van der Waals surface area (Å²) in [4.78, 5) is 0. The Balaban J connectivity index is 2.45. The van der Waals surface area contributed by atoms with E-state index in [9.17, 15) is 0 Å². The first-order chi connectivity index (χ1) is 7.89. The molecule has 102 valence electrons. The average Bonchev–Trinajstić information content (AvgIpc) is 2.63. The summed E-state index contributed by atoms with van der Waals surface area (Å²) in [6.45, 7) is 15.4. The molecule has 0 heterocycles. The van der Waals surface area contributed by atoms with Crippen LogP contribution in [0, 0.1) is 16.7 Å². The maximum Gasteiger partial charge on any atom is 0.0106 e. The Bertz CT molecular complexity index is 216. The van der Waals surface area contributed by atoms with Gasteiger partial charge in [-0.3, -0.25) is 0 Å². The van der Waals surface area contributed by atoms with Gasteiger partial charge in [0.05, 0.1) is 0 Å². The molecule has 1 unspecified atom stereocenters. The first-order valence-corrected chi connectivity index (χ1v) is 7.63. The maximum absolute atomic E-state index is 3.73. The third-order valence-electron chi connectivity index (χ3n) is 5.37. The zero-order valence-electron chi connectivity index (χ0n) is 12.9. The fourth-order valence-corrected chi connectivity index (χ4v) is 3.69. The van der Waals surface area contributed by atoms with E-state index in [0.29, 0.717) is 10.8 Å². The molecule has 1 aliphatic carbocycles. The molecule has 1 heteroatoms. The molecule has 0 aliphatic heterocycles. The summed E-state index contributed by atoms with van der Waals surface area (Å²) < 4.78 is 0. The molecule has 1 rings (SSSR count). The number of rotatable bonds is 8. The van der Waals surface area contributed by atoms with Crippen LogP contribution < -0.4 is 5.32 Å². The molecule has 0 aromatic rings. The van der Waals surface area contributed by atoms with E-state index in [2.05, 4.69) is 46.9 Å². The van der Waals surface area contributed by atoms with E-state index in [4.69, 9.17) is 0 Å². The van der Waals surface area contributed by atoms with Gasteiger partial charge in [-0.2, -0.15) is 0 Å². The normalized spacial score (nSPS) is 23.6. The highest BCUT2D eigenvalue weighted by Gasteiger charge is 2.66. The third kappa shape index (κ3) is 3.05. The average molecular weight is 239 g/mol. The van der Waals surface area contributed by atoms with Crippen LogP contribution in [-0.4, -0.2) is 12.6 Å². The second kappa shape index (κ2) is 5.73. The zero-order chi connectivity index (χ0) is 13.1. The number of nitrogens with one attached hydrogen (secondary N) is 1. The fraction of sp³-hybridized carbons (Fsp3) is 1.00. The van der Waals surface area contributed by atoms with Crippen LogP contribution >= 0.6 is 0 Å². The molecule has 0 bridgehead atoms.